The lowest BCUT2D eigenvalue weighted by Gasteiger charge is -2.20. The van der Waals surface area contributed by atoms with Gasteiger partial charge in [0.25, 0.3) is 0 Å². The van der Waals surface area contributed by atoms with Crippen LogP contribution in [0.25, 0.3) is 0 Å². The molecule has 0 aromatic carbocycles. The molecule has 3 atom stereocenters. The number of carboxylic acid groups (broad SMARTS) is 1. The van der Waals surface area contributed by atoms with Crippen molar-refractivity contribution < 1.29 is 42.7 Å². The fraction of sp³-hybridized carbons (Fsp3) is 0.679. The number of carboxylic acids is 1. The molecular weight excluding hydrogens is 862 g/mol. The van der Waals surface area contributed by atoms with Gasteiger partial charge in [-0.05, 0) is 96.3 Å². The van der Waals surface area contributed by atoms with E-state index in [-0.39, 0.29) is 13.0 Å². The molecule has 0 aromatic rings. The van der Waals surface area contributed by atoms with E-state index in [0.29, 0.717) is 13.0 Å². The van der Waals surface area contributed by atoms with E-state index >= 15 is 0 Å². The zero-order chi connectivity index (χ0) is 49.0. The number of phosphoric ester groups is 1. The number of nitrogens with two attached hydrogens (primary N) is 1. The van der Waals surface area contributed by atoms with Gasteiger partial charge < -0.3 is 25.2 Å². The number of phosphoric acid groups is 1. The summed E-state index contributed by atoms with van der Waals surface area (Å²) in [4.78, 5) is 33.7. The van der Waals surface area contributed by atoms with Crippen LogP contribution in [-0.4, -0.2) is 60.5 Å². The van der Waals surface area contributed by atoms with Gasteiger partial charge in [-0.2, -0.15) is 0 Å². The number of carbonyl (C=O) groups excluding carboxylic acids is 1. The van der Waals surface area contributed by atoms with Crippen molar-refractivity contribution in [1.29, 1.82) is 0 Å². The second-order valence-electron chi connectivity index (χ2n) is 17.3. The van der Waals surface area contributed by atoms with Crippen LogP contribution in [0, 0.1) is 0 Å². The maximum Gasteiger partial charge on any atom is 0.472 e. The van der Waals surface area contributed by atoms with E-state index in [1.54, 1.807) is 0 Å². The first-order chi connectivity index (χ1) is 32.7. The Kier molecular flexibility index (Phi) is 48.4. The molecule has 0 heterocycles. The minimum Gasteiger partial charge on any atom is -0.480 e. The van der Waals surface area contributed by atoms with Crippen LogP contribution in [0.1, 0.15) is 206 Å². The molecule has 4 N–H and O–H groups in total. The molecule has 0 spiro atoms. The molecule has 384 valence electrons. The average molecular weight is 958 g/mol. The van der Waals surface area contributed by atoms with Crippen molar-refractivity contribution in [2.75, 3.05) is 26.4 Å². The fourth-order valence-electron chi connectivity index (χ4n) is 6.81. The normalized spacial score (nSPS) is 14.4. The van der Waals surface area contributed by atoms with Crippen LogP contribution in [-0.2, 0) is 32.7 Å². The van der Waals surface area contributed by atoms with Crippen LogP contribution in [0.15, 0.2) is 97.2 Å². The van der Waals surface area contributed by atoms with Crippen molar-refractivity contribution in [3.63, 3.8) is 0 Å². The fourth-order valence-corrected chi connectivity index (χ4v) is 7.59. The average Bonchev–Trinajstić information content (AvgIpc) is 3.31. The van der Waals surface area contributed by atoms with Gasteiger partial charge in [0, 0.05) is 13.0 Å². The molecule has 10 nitrogen and oxygen atoms in total. The third-order valence-electron chi connectivity index (χ3n) is 10.8. The standard InChI is InChI=1S/C56H96NO9P/c1-3-5-7-9-11-13-15-17-19-21-23-25-27-28-30-32-34-36-38-40-42-44-46-48-55(58)66-53(51-64-67(61,62)65-52-54(57)56(59)60)50-63-49-47-45-43-41-39-37-35-33-31-29-26-24-22-20-18-16-14-12-10-8-6-4-2/h5,7,11,13,16-19,22-25,28,30,34,36,53-54H,3-4,6,8-10,12,14-15,20-21,26-27,29,31-33,35,37-52,57H2,1-2H3,(H,59,60)(H,61,62)/b7-5-,13-11-,18-16-,19-17-,24-22-,25-23-,30-28-,36-34-. The number of hydrogen-bond acceptors (Lipinski definition) is 8. The zero-order valence-corrected chi connectivity index (χ0v) is 43.1. The smallest absolute Gasteiger partial charge is 0.472 e. The monoisotopic (exact) mass is 958 g/mol. The molecule has 11 heteroatoms. The summed E-state index contributed by atoms with van der Waals surface area (Å²) in [5.41, 5.74) is 5.38. The Morgan fingerprint density at radius 2 is 0.866 bits per heavy atom. The molecule has 0 aliphatic heterocycles. The lowest BCUT2D eigenvalue weighted by atomic mass is 10.1. The molecule has 0 aromatic heterocycles. The Morgan fingerprint density at radius 3 is 1.30 bits per heavy atom. The molecule has 0 saturated heterocycles. The van der Waals surface area contributed by atoms with Crippen LogP contribution in [0.4, 0.5) is 0 Å². The summed E-state index contributed by atoms with van der Waals surface area (Å²) in [6, 6.07) is -1.48. The number of allylic oxidation sites excluding steroid dienone is 16. The van der Waals surface area contributed by atoms with E-state index < -0.39 is 45.1 Å². The number of aliphatic carboxylic acids is 1. The van der Waals surface area contributed by atoms with Gasteiger partial charge in [0.15, 0.2) is 0 Å². The first kappa shape index (κ1) is 63.9. The summed E-state index contributed by atoms with van der Waals surface area (Å²) in [5, 5.41) is 8.94. The van der Waals surface area contributed by atoms with Crippen LogP contribution >= 0.6 is 7.82 Å². The second kappa shape index (κ2) is 50.8. The maximum atomic E-state index is 12.7. The highest BCUT2D eigenvalue weighted by molar-refractivity contribution is 7.47. The van der Waals surface area contributed by atoms with E-state index in [2.05, 4.69) is 111 Å². The number of hydrogen-bond donors (Lipinski definition) is 3. The highest BCUT2D eigenvalue weighted by Crippen LogP contribution is 2.43. The quantitative estimate of drug-likeness (QED) is 0.0232. The number of esters is 1. The van der Waals surface area contributed by atoms with Gasteiger partial charge in [-0.1, -0.05) is 201 Å². The Bertz CT molecular complexity index is 1430. The predicted octanol–water partition coefficient (Wildman–Crippen LogP) is 15.7. The minimum atomic E-state index is -4.64. The maximum absolute atomic E-state index is 12.7. The number of carbonyl (C=O) groups is 2. The largest absolute Gasteiger partial charge is 0.480 e. The first-order valence-corrected chi connectivity index (χ1v) is 27.8. The third kappa shape index (κ3) is 50.6. The van der Waals surface area contributed by atoms with E-state index in [1.807, 2.05) is 0 Å². The highest BCUT2D eigenvalue weighted by Gasteiger charge is 2.27. The molecule has 3 unspecified atom stereocenters. The Morgan fingerprint density at radius 1 is 0.493 bits per heavy atom. The Labute approximate surface area is 409 Å². The Balaban J connectivity index is 4.22. The van der Waals surface area contributed by atoms with Gasteiger partial charge >= 0.3 is 19.8 Å². The molecule has 0 amide bonds. The summed E-state index contributed by atoms with van der Waals surface area (Å²) in [5.74, 6) is -1.81. The highest BCUT2D eigenvalue weighted by atomic mass is 31.2. The van der Waals surface area contributed by atoms with Crippen LogP contribution in [0.5, 0.6) is 0 Å². The van der Waals surface area contributed by atoms with Crippen LogP contribution in [0.3, 0.4) is 0 Å². The van der Waals surface area contributed by atoms with Crippen molar-refractivity contribution in [1.82, 2.24) is 0 Å². The minimum absolute atomic E-state index is 0.00156. The summed E-state index contributed by atoms with van der Waals surface area (Å²) in [6.07, 6.45) is 67.5. The predicted molar refractivity (Wildman–Crippen MR) is 281 cm³/mol. The molecule has 0 saturated carbocycles. The van der Waals surface area contributed by atoms with Crippen molar-refractivity contribution in [3.05, 3.63) is 97.2 Å². The summed E-state index contributed by atoms with van der Waals surface area (Å²) < 4.78 is 33.5. The van der Waals surface area contributed by atoms with Gasteiger partial charge in [-0.3, -0.25) is 18.6 Å². The lowest BCUT2D eigenvalue weighted by Crippen LogP contribution is -2.34. The van der Waals surface area contributed by atoms with E-state index in [4.69, 9.17) is 29.4 Å². The van der Waals surface area contributed by atoms with Crippen molar-refractivity contribution in [2.45, 2.75) is 219 Å². The number of ether oxygens (including phenoxy) is 2. The lowest BCUT2D eigenvalue weighted by molar-refractivity contribution is -0.154. The second-order valence-corrected chi connectivity index (χ2v) is 18.7. The number of unbranched alkanes of at least 4 members (excludes halogenated alkanes) is 19. The van der Waals surface area contributed by atoms with Crippen molar-refractivity contribution >= 4 is 19.8 Å². The SMILES string of the molecule is CC/C=C\C/C=C\C/C=C\C/C=C\C/C=C\C/C=C\CCCCCCC(=O)OC(COCCCCCCCCCCCC/C=C\C/C=C\CCCCCCC)COP(=O)(O)OCC(N)C(=O)O. The van der Waals surface area contributed by atoms with Crippen LogP contribution < -0.4 is 5.73 Å². The Hall–Kier alpha value is -3.11. The summed E-state index contributed by atoms with van der Waals surface area (Å²) in [6.45, 7) is 3.72. The molecular formula is C56H96NO9P. The van der Waals surface area contributed by atoms with Gasteiger partial charge in [-0.15, -0.1) is 0 Å². The van der Waals surface area contributed by atoms with Gasteiger partial charge in [0.1, 0.15) is 12.1 Å². The molecule has 0 fully saturated rings. The molecule has 0 radical (unpaired) electrons. The van der Waals surface area contributed by atoms with Crippen molar-refractivity contribution in [3.8, 4) is 0 Å². The van der Waals surface area contributed by atoms with Crippen molar-refractivity contribution in [2.24, 2.45) is 5.73 Å². The molecule has 0 aliphatic carbocycles. The van der Waals surface area contributed by atoms with E-state index in [1.165, 1.54) is 89.9 Å². The summed E-state index contributed by atoms with van der Waals surface area (Å²) in [7, 11) is -4.64. The molecule has 0 bridgehead atoms. The van der Waals surface area contributed by atoms with Crippen LogP contribution in [0.2, 0.25) is 0 Å². The summed E-state index contributed by atoms with van der Waals surface area (Å²) >= 11 is 0. The molecule has 67 heavy (non-hydrogen) atoms. The third-order valence-corrected chi connectivity index (χ3v) is 11.8. The zero-order valence-electron chi connectivity index (χ0n) is 42.2. The number of rotatable bonds is 49. The van der Waals surface area contributed by atoms with Gasteiger partial charge in [0.05, 0.1) is 19.8 Å². The van der Waals surface area contributed by atoms with E-state index in [9.17, 15) is 19.0 Å². The van der Waals surface area contributed by atoms with E-state index in [0.717, 1.165) is 89.9 Å². The first-order valence-electron chi connectivity index (χ1n) is 26.3. The molecule has 0 rings (SSSR count). The topological polar surface area (TPSA) is 155 Å². The van der Waals surface area contributed by atoms with Gasteiger partial charge in [0.2, 0.25) is 0 Å². The molecule has 0 aliphatic rings. The van der Waals surface area contributed by atoms with Gasteiger partial charge in [-0.25, -0.2) is 4.57 Å².